The van der Waals surface area contributed by atoms with Crippen molar-refractivity contribution in [2.45, 2.75) is 20.0 Å². The first kappa shape index (κ1) is 25.1. The number of ether oxygens (including phenoxy) is 2. The Kier molecular flexibility index (Phi) is 9.29. The lowest BCUT2D eigenvalue weighted by Crippen LogP contribution is -2.31. The van der Waals surface area contributed by atoms with Crippen LogP contribution in [0.4, 0.5) is 14.9 Å². The van der Waals surface area contributed by atoms with Crippen LogP contribution in [0, 0.1) is 11.7 Å². The molecule has 8 heteroatoms. The molecule has 3 rings (SSSR count). The van der Waals surface area contributed by atoms with Crippen LogP contribution in [0.3, 0.4) is 0 Å². The van der Waals surface area contributed by atoms with Crippen LogP contribution >= 0.6 is 11.6 Å². The second-order valence-electron chi connectivity index (χ2n) is 7.85. The van der Waals surface area contributed by atoms with Crippen molar-refractivity contribution in [3.63, 3.8) is 0 Å². The number of alkyl carbamates (subject to hydrolysis) is 1. The SMILES string of the molecule is C[C@@H](CNC(=O)OCc1ccc(NC(=O)Cc2ccc(F)cc2)cc1)COc1ccccc1Cl. The lowest BCUT2D eigenvalue weighted by atomic mass is 10.1. The minimum atomic E-state index is -0.527. The van der Waals surface area contributed by atoms with Gasteiger partial charge in [0.2, 0.25) is 5.91 Å². The van der Waals surface area contributed by atoms with Gasteiger partial charge in [-0.15, -0.1) is 0 Å². The summed E-state index contributed by atoms with van der Waals surface area (Å²) in [6.45, 7) is 2.83. The molecule has 6 nitrogen and oxygen atoms in total. The molecule has 0 aliphatic rings. The Morgan fingerprint density at radius 2 is 1.65 bits per heavy atom. The van der Waals surface area contributed by atoms with Gasteiger partial charge in [-0.2, -0.15) is 0 Å². The van der Waals surface area contributed by atoms with Crippen molar-refractivity contribution in [1.82, 2.24) is 5.32 Å². The minimum Gasteiger partial charge on any atom is -0.492 e. The van der Waals surface area contributed by atoms with Gasteiger partial charge in [-0.3, -0.25) is 4.79 Å². The van der Waals surface area contributed by atoms with Crippen molar-refractivity contribution in [3.8, 4) is 5.75 Å². The summed E-state index contributed by atoms with van der Waals surface area (Å²) in [6.07, 6.45) is -0.381. The van der Waals surface area contributed by atoms with E-state index in [0.29, 0.717) is 29.6 Å². The molecule has 1 atom stereocenters. The molecule has 178 valence electrons. The quantitative estimate of drug-likeness (QED) is 0.392. The molecule has 0 spiro atoms. The van der Waals surface area contributed by atoms with Gasteiger partial charge in [0.15, 0.2) is 0 Å². The van der Waals surface area contributed by atoms with Gasteiger partial charge < -0.3 is 20.1 Å². The highest BCUT2D eigenvalue weighted by Crippen LogP contribution is 2.23. The number of benzene rings is 3. The van der Waals surface area contributed by atoms with Crippen LogP contribution in [0.15, 0.2) is 72.8 Å². The van der Waals surface area contributed by atoms with Crippen LogP contribution in [0.2, 0.25) is 5.02 Å². The van der Waals surface area contributed by atoms with Crippen LogP contribution < -0.4 is 15.4 Å². The monoisotopic (exact) mass is 484 g/mol. The first-order valence-electron chi connectivity index (χ1n) is 10.8. The van der Waals surface area contributed by atoms with Crippen molar-refractivity contribution >= 4 is 29.3 Å². The van der Waals surface area contributed by atoms with Crippen LogP contribution in [0.25, 0.3) is 0 Å². The van der Waals surface area contributed by atoms with E-state index >= 15 is 0 Å². The molecule has 0 bridgehead atoms. The fourth-order valence-corrected chi connectivity index (χ4v) is 3.18. The second-order valence-corrected chi connectivity index (χ2v) is 8.26. The molecule has 0 aliphatic carbocycles. The Morgan fingerprint density at radius 3 is 2.35 bits per heavy atom. The number of para-hydroxylation sites is 1. The predicted molar refractivity (Wildman–Crippen MR) is 129 cm³/mol. The zero-order valence-corrected chi connectivity index (χ0v) is 19.5. The van der Waals surface area contributed by atoms with Gasteiger partial charge in [-0.25, -0.2) is 9.18 Å². The number of carbonyl (C=O) groups excluding carboxylic acids is 2. The fourth-order valence-electron chi connectivity index (χ4n) is 2.99. The number of nitrogens with one attached hydrogen (secondary N) is 2. The average molecular weight is 485 g/mol. The Morgan fingerprint density at radius 1 is 0.971 bits per heavy atom. The maximum Gasteiger partial charge on any atom is 0.407 e. The lowest BCUT2D eigenvalue weighted by Gasteiger charge is -2.15. The van der Waals surface area contributed by atoms with Gasteiger partial charge in [0.1, 0.15) is 18.2 Å². The maximum absolute atomic E-state index is 13.0. The summed E-state index contributed by atoms with van der Waals surface area (Å²) in [6, 6.07) is 20.0. The molecule has 34 heavy (non-hydrogen) atoms. The standard InChI is InChI=1S/C26H26ClFN2O4/c1-18(16-33-24-5-3-2-4-23(24)27)15-29-26(32)34-17-20-8-12-22(13-9-20)30-25(31)14-19-6-10-21(28)11-7-19/h2-13,18H,14-17H2,1H3,(H,29,32)(H,30,31)/t18-/m0/s1. The van der Waals surface area contributed by atoms with Crippen molar-refractivity contribution in [2.75, 3.05) is 18.5 Å². The molecule has 0 aromatic heterocycles. The zero-order chi connectivity index (χ0) is 24.3. The van der Waals surface area contributed by atoms with Crippen LogP contribution in [-0.4, -0.2) is 25.2 Å². The van der Waals surface area contributed by atoms with Crippen LogP contribution in [0.5, 0.6) is 5.75 Å². The maximum atomic E-state index is 13.0. The summed E-state index contributed by atoms with van der Waals surface area (Å²) in [4.78, 5) is 24.1. The highest BCUT2D eigenvalue weighted by Gasteiger charge is 2.09. The largest absolute Gasteiger partial charge is 0.492 e. The van der Waals surface area contributed by atoms with E-state index in [-0.39, 0.29) is 30.7 Å². The highest BCUT2D eigenvalue weighted by molar-refractivity contribution is 6.32. The first-order valence-corrected chi connectivity index (χ1v) is 11.2. The third kappa shape index (κ3) is 8.41. The topological polar surface area (TPSA) is 76.7 Å². The number of anilines is 1. The van der Waals surface area contributed by atoms with E-state index in [0.717, 1.165) is 11.1 Å². The van der Waals surface area contributed by atoms with E-state index in [2.05, 4.69) is 10.6 Å². The molecule has 0 unspecified atom stereocenters. The zero-order valence-electron chi connectivity index (χ0n) is 18.7. The molecule has 0 radical (unpaired) electrons. The van der Waals surface area contributed by atoms with Gasteiger partial charge in [0.05, 0.1) is 18.1 Å². The third-order valence-electron chi connectivity index (χ3n) is 4.84. The normalized spacial score (nSPS) is 11.4. The van der Waals surface area contributed by atoms with Gasteiger partial charge in [-0.1, -0.05) is 54.9 Å². The molecular formula is C26H26ClFN2O4. The Balaban J connectivity index is 1.34. The summed E-state index contributed by atoms with van der Waals surface area (Å²) in [5.41, 5.74) is 2.12. The number of amides is 2. The molecule has 0 heterocycles. The molecular weight excluding hydrogens is 459 g/mol. The van der Waals surface area contributed by atoms with Gasteiger partial charge in [0.25, 0.3) is 0 Å². The molecule has 3 aromatic rings. The van der Waals surface area contributed by atoms with Crippen molar-refractivity contribution in [2.24, 2.45) is 5.92 Å². The minimum absolute atomic E-state index is 0.0571. The Hall–Kier alpha value is -3.58. The number of hydrogen-bond acceptors (Lipinski definition) is 4. The molecule has 0 aliphatic heterocycles. The molecule has 2 amide bonds. The summed E-state index contributed by atoms with van der Waals surface area (Å²) in [5.74, 6) is 0.116. The summed E-state index contributed by atoms with van der Waals surface area (Å²) in [7, 11) is 0. The lowest BCUT2D eigenvalue weighted by molar-refractivity contribution is -0.115. The molecule has 3 aromatic carbocycles. The number of rotatable bonds is 10. The number of carbonyl (C=O) groups is 2. The van der Waals surface area contributed by atoms with Crippen molar-refractivity contribution in [3.05, 3.63) is 94.8 Å². The Bertz CT molecular complexity index is 1090. The van der Waals surface area contributed by atoms with Crippen LogP contribution in [-0.2, 0) is 22.6 Å². The predicted octanol–water partition coefficient (Wildman–Crippen LogP) is 5.60. The summed E-state index contributed by atoms with van der Waals surface area (Å²) < 4.78 is 23.9. The first-order chi connectivity index (χ1) is 16.4. The van der Waals surface area contributed by atoms with E-state index in [4.69, 9.17) is 21.1 Å². The molecule has 2 N–H and O–H groups in total. The van der Waals surface area contributed by atoms with E-state index in [9.17, 15) is 14.0 Å². The number of hydrogen-bond donors (Lipinski definition) is 2. The van der Waals surface area contributed by atoms with E-state index in [1.165, 1.54) is 12.1 Å². The smallest absolute Gasteiger partial charge is 0.407 e. The van der Waals surface area contributed by atoms with Crippen LogP contribution in [0.1, 0.15) is 18.1 Å². The van der Waals surface area contributed by atoms with E-state index < -0.39 is 6.09 Å². The van der Waals surface area contributed by atoms with Crippen molar-refractivity contribution < 1.29 is 23.5 Å². The van der Waals surface area contributed by atoms with E-state index in [1.54, 1.807) is 48.5 Å². The second kappa shape index (κ2) is 12.6. The molecule has 0 saturated heterocycles. The average Bonchev–Trinajstić information content (AvgIpc) is 2.83. The van der Waals surface area contributed by atoms with Gasteiger partial charge in [0, 0.05) is 18.2 Å². The number of halogens is 2. The third-order valence-corrected chi connectivity index (χ3v) is 5.15. The summed E-state index contributed by atoms with van der Waals surface area (Å²) in [5, 5.41) is 6.04. The van der Waals surface area contributed by atoms with Gasteiger partial charge in [-0.05, 0) is 47.5 Å². The van der Waals surface area contributed by atoms with E-state index in [1.807, 2.05) is 19.1 Å². The summed E-state index contributed by atoms with van der Waals surface area (Å²) >= 11 is 6.06. The molecule has 0 fully saturated rings. The molecule has 0 saturated carbocycles. The fraction of sp³-hybridized carbons (Fsp3) is 0.231. The van der Waals surface area contributed by atoms with Gasteiger partial charge >= 0.3 is 6.09 Å². The Labute approximate surface area is 203 Å². The van der Waals surface area contributed by atoms with Crippen molar-refractivity contribution in [1.29, 1.82) is 0 Å². The highest BCUT2D eigenvalue weighted by atomic mass is 35.5.